The van der Waals surface area contributed by atoms with Gasteiger partial charge in [-0.3, -0.25) is 0 Å². The topological polar surface area (TPSA) is 102 Å². The van der Waals surface area contributed by atoms with Crippen LogP contribution in [-0.4, -0.2) is 39.8 Å². The molecule has 0 saturated heterocycles. The van der Waals surface area contributed by atoms with Gasteiger partial charge in [0.2, 0.25) is 0 Å². The van der Waals surface area contributed by atoms with Gasteiger partial charge in [-0.25, -0.2) is 47.2 Å². The summed E-state index contributed by atoms with van der Waals surface area (Å²) in [6.45, 7) is 2.52. The molecule has 35 heavy (non-hydrogen) atoms. The third kappa shape index (κ3) is 4.58. The van der Waals surface area contributed by atoms with Crippen LogP contribution in [0.5, 0.6) is 0 Å². The van der Waals surface area contributed by atoms with E-state index in [1.807, 2.05) is 0 Å². The second-order valence-electron chi connectivity index (χ2n) is 7.91. The number of rotatable bonds is 7. The zero-order valence-corrected chi connectivity index (χ0v) is 19.1. The highest BCUT2D eigenvalue weighted by molar-refractivity contribution is 6.29. The van der Waals surface area contributed by atoms with E-state index >= 15 is 4.39 Å². The van der Waals surface area contributed by atoms with Gasteiger partial charge in [0.05, 0.1) is 23.6 Å². The van der Waals surface area contributed by atoms with Gasteiger partial charge in [-0.2, -0.15) is 5.10 Å². The van der Waals surface area contributed by atoms with Crippen LogP contribution in [0, 0.1) is 23.3 Å². The maximum atomic E-state index is 15.8. The van der Waals surface area contributed by atoms with Crippen LogP contribution in [0.4, 0.5) is 17.6 Å². The van der Waals surface area contributed by atoms with Crippen molar-refractivity contribution in [1.82, 2.24) is 34.7 Å². The van der Waals surface area contributed by atoms with Crippen LogP contribution in [0.25, 0.3) is 0 Å². The van der Waals surface area contributed by atoms with Gasteiger partial charge >= 0.3 is 0 Å². The summed E-state index contributed by atoms with van der Waals surface area (Å²) >= 11 is 5.73. The first-order chi connectivity index (χ1) is 16.6. The molecule has 0 bridgehead atoms. The van der Waals surface area contributed by atoms with Crippen LogP contribution < -0.4 is 0 Å². The Balaban J connectivity index is 1.82. The highest BCUT2D eigenvalue weighted by Crippen LogP contribution is 2.41. The molecule has 0 amide bonds. The fourth-order valence-corrected chi connectivity index (χ4v) is 4.02. The van der Waals surface area contributed by atoms with Crippen molar-refractivity contribution in [3.05, 3.63) is 94.6 Å². The van der Waals surface area contributed by atoms with Crippen molar-refractivity contribution in [2.24, 2.45) is 0 Å². The minimum absolute atomic E-state index is 0.191. The van der Waals surface area contributed by atoms with Crippen molar-refractivity contribution in [3.8, 4) is 0 Å². The summed E-state index contributed by atoms with van der Waals surface area (Å²) in [4.78, 5) is 19.1. The molecule has 8 nitrogen and oxygen atoms in total. The summed E-state index contributed by atoms with van der Waals surface area (Å²) < 4.78 is 59.9. The number of halogens is 5. The van der Waals surface area contributed by atoms with Gasteiger partial charge in [-0.05, 0) is 6.07 Å². The molecule has 182 valence electrons. The van der Waals surface area contributed by atoms with Crippen molar-refractivity contribution in [3.63, 3.8) is 0 Å². The van der Waals surface area contributed by atoms with Gasteiger partial charge in [0.15, 0.2) is 16.8 Å². The maximum Gasteiger partial charge on any atom is 0.182 e. The third-order valence-corrected chi connectivity index (χ3v) is 6.09. The van der Waals surface area contributed by atoms with Crippen molar-refractivity contribution in [1.29, 1.82) is 0 Å². The molecule has 13 heteroatoms. The van der Waals surface area contributed by atoms with E-state index in [1.54, 1.807) is 0 Å². The Hall–Kier alpha value is -3.51. The fraction of sp³-hybridized carbons (Fsp3) is 0.273. The lowest BCUT2D eigenvalue weighted by Crippen LogP contribution is -2.39. The molecule has 1 N–H and O–H groups in total. The molecule has 4 aromatic rings. The molecule has 0 spiro atoms. The van der Waals surface area contributed by atoms with Gasteiger partial charge in [-0.15, -0.1) is 0 Å². The summed E-state index contributed by atoms with van der Waals surface area (Å²) in [6.07, 6.45) is 4.57. The molecule has 0 aliphatic carbocycles. The van der Waals surface area contributed by atoms with Crippen LogP contribution >= 0.6 is 11.6 Å². The molecule has 0 radical (unpaired) electrons. The van der Waals surface area contributed by atoms with E-state index in [9.17, 15) is 18.3 Å². The quantitative estimate of drug-likeness (QED) is 0.299. The predicted molar refractivity (Wildman–Crippen MR) is 115 cm³/mol. The first-order valence-electron chi connectivity index (χ1n) is 10.3. The van der Waals surface area contributed by atoms with Crippen molar-refractivity contribution in [2.45, 2.75) is 37.8 Å². The van der Waals surface area contributed by atoms with Gasteiger partial charge in [0, 0.05) is 23.5 Å². The number of benzene rings is 1. The standard InChI is InChI=1S/C22H18ClF4N7O/c1-11(19-17(27)21(23)32-9-30-19)18-16(26)20(31-8-29-18)12(2)22(35,6-34-10-28-7-33-34)14-4-3-13(24)5-15(14)25/h3-5,7-12,35H,6H2,1-2H3/t11-,12+,22-/m1/s1. The number of nitrogens with zero attached hydrogens (tertiary/aromatic N) is 7. The number of hydrogen-bond acceptors (Lipinski definition) is 7. The largest absolute Gasteiger partial charge is 0.382 e. The number of aromatic nitrogens is 7. The summed E-state index contributed by atoms with van der Waals surface area (Å²) in [7, 11) is 0. The molecule has 0 fully saturated rings. The van der Waals surface area contributed by atoms with Crippen LogP contribution in [0.15, 0.2) is 43.5 Å². The zero-order valence-electron chi connectivity index (χ0n) is 18.4. The van der Waals surface area contributed by atoms with Crippen LogP contribution in [0.3, 0.4) is 0 Å². The Morgan fingerprint density at radius 1 is 0.943 bits per heavy atom. The summed E-state index contributed by atoms with van der Waals surface area (Å²) in [5.41, 5.74) is -3.15. The highest BCUT2D eigenvalue weighted by Gasteiger charge is 2.42. The van der Waals surface area contributed by atoms with E-state index in [0.717, 1.165) is 24.8 Å². The molecule has 3 aromatic heterocycles. The van der Waals surface area contributed by atoms with E-state index < -0.39 is 45.9 Å². The first-order valence-corrected chi connectivity index (χ1v) is 10.7. The monoisotopic (exact) mass is 507 g/mol. The second kappa shape index (κ2) is 9.62. The van der Waals surface area contributed by atoms with E-state index in [4.69, 9.17) is 11.6 Å². The lowest BCUT2D eigenvalue weighted by Gasteiger charge is -2.34. The Labute approximate surface area is 201 Å². The van der Waals surface area contributed by atoms with Crippen molar-refractivity contribution >= 4 is 11.6 Å². The lowest BCUT2D eigenvalue weighted by molar-refractivity contribution is -0.0134. The van der Waals surface area contributed by atoms with Gasteiger partial charge in [0.1, 0.15) is 42.5 Å². The zero-order chi connectivity index (χ0) is 25.3. The summed E-state index contributed by atoms with van der Waals surface area (Å²) in [5, 5.41) is 15.2. The molecular weight excluding hydrogens is 490 g/mol. The lowest BCUT2D eigenvalue weighted by atomic mass is 9.79. The molecule has 3 heterocycles. The average molecular weight is 508 g/mol. The van der Waals surface area contributed by atoms with Crippen LogP contribution in [0.2, 0.25) is 5.15 Å². The molecule has 1 aromatic carbocycles. The molecule has 4 rings (SSSR count). The third-order valence-electron chi connectivity index (χ3n) is 5.83. The molecule has 0 unspecified atom stereocenters. The minimum Gasteiger partial charge on any atom is -0.382 e. The minimum atomic E-state index is -2.15. The second-order valence-corrected chi connectivity index (χ2v) is 8.26. The molecule has 3 atom stereocenters. The predicted octanol–water partition coefficient (Wildman–Crippen LogP) is 3.91. The van der Waals surface area contributed by atoms with Gasteiger partial charge in [-0.1, -0.05) is 31.5 Å². The highest BCUT2D eigenvalue weighted by atomic mass is 35.5. The van der Waals surface area contributed by atoms with E-state index in [2.05, 4.69) is 30.0 Å². The molecule has 0 aliphatic heterocycles. The number of hydrogen-bond donors (Lipinski definition) is 1. The molecular formula is C22H18ClF4N7O. The fourth-order valence-electron chi connectivity index (χ4n) is 3.88. The SMILES string of the molecule is C[C@@H](c1ncnc(Cl)c1F)c1ncnc([C@H](C)[C@](O)(Cn2cncn2)c2ccc(F)cc2F)c1F. The van der Waals surface area contributed by atoms with Crippen LogP contribution in [0.1, 0.15) is 48.3 Å². The normalized spacial score (nSPS) is 15.0. The molecule has 0 aliphatic rings. The van der Waals surface area contributed by atoms with E-state index in [-0.39, 0.29) is 29.2 Å². The summed E-state index contributed by atoms with van der Waals surface area (Å²) in [5.74, 6) is -5.99. The van der Waals surface area contributed by atoms with Gasteiger partial charge in [0.25, 0.3) is 0 Å². The van der Waals surface area contributed by atoms with Crippen molar-refractivity contribution in [2.75, 3.05) is 0 Å². The smallest absolute Gasteiger partial charge is 0.182 e. The van der Waals surface area contributed by atoms with Crippen molar-refractivity contribution < 1.29 is 22.7 Å². The summed E-state index contributed by atoms with van der Waals surface area (Å²) in [6, 6.07) is 2.65. The van der Waals surface area contributed by atoms with E-state index in [1.165, 1.54) is 31.2 Å². The Morgan fingerprint density at radius 2 is 1.60 bits per heavy atom. The van der Waals surface area contributed by atoms with Gasteiger partial charge < -0.3 is 5.11 Å². The number of aliphatic hydroxyl groups is 1. The Morgan fingerprint density at radius 3 is 2.26 bits per heavy atom. The Bertz CT molecular complexity index is 1360. The van der Waals surface area contributed by atoms with Crippen LogP contribution in [-0.2, 0) is 12.1 Å². The average Bonchev–Trinajstić information content (AvgIpc) is 3.33. The molecule has 0 saturated carbocycles. The Kier molecular flexibility index (Phi) is 6.77. The maximum absolute atomic E-state index is 15.8. The first kappa shape index (κ1) is 24.6. The van der Waals surface area contributed by atoms with E-state index in [0.29, 0.717) is 6.07 Å².